The maximum absolute atomic E-state index is 12.3. The van der Waals surface area contributed by atoms with Crippen molar-refractivity contribution in [2.75, 3.05) is 6.54 Å². The zero-order valence-electron chi connectivity index (χ0n) is 15.6. The number of hydrogen-bond acceptors (Lipinski definition) is 7. The number of carbonyl (C=O) groups excluding carboxylic acids is 3. The van der Waals surface area contributed by atoms with Gasteiger partial charge in [-0.25, -0.2) is 4.98 Å². The van der Waals surface area contributed by atoms with Crippen molar-refractivity contribution >= 4 is 40.8 Å². The maximum Gasteiger partial charge on any atom is 0.322 e. The standard InChI is InChI=1S/C17H26N2O4S2/c1-11(20)9-13(21)18-8-7-12-10-24-15(19-12)25-17(5,6)14(22)23-16(2,3)4/h10H,7-9H2,1-6H3,(H,18,21). The average Bonchev–Trinajstić information content (AvgIpc) is 2.82. The number of amides is 1. The smallest absolute Gasteiger partial charge is 0.322 e. The molecule has 8 heteroatoms. The minimum absolute atomic E-state index is 0.0950. The van der Waals surface area contributed by atoms with Crippen molar-refractivity contribution < 1.29 is 19.1 Å². The molecule has 0 bridgehead atoms. The Morgan fingerprint density at radius 1 is 1.24 bits per heavy atom. The molecule has 0 aromatic carbocycles. The molecule has 0 atom stereocenters. The van der Waals surface area contributed by atoms with Crippen LogP contribution < -0.4 is 5.32 Å². The Morgan fingerprint density at radius 3 is 2.44 bits per heavy atom. The third kappa shape index (κ3) is 8.49. The summed E-state index contributed by atoms with van der Waals surface area (Å²) < 4.78 is 5.49. The van der Waals surface area contributed by atoms with Gasteiger partial charge in [-0.05, 0) is 41.5 Å². The number of thioether (sulfide) groups is 1. The van der Waals surface area contributed by atoms with E-state index in [0.717, 1.165) is 10.0 Å². The number of aromatic nitrogens is 1. The van der Waals surface area contributed by atoms with Gasteiger partial charge in [0.05, 0.1) is 12.1 Å². The largest absolute Gasteiger partial charge is 0.459 e. The number of rotatable bonds is 8. The monoisotopic (exact) mass is 386 g/mol. The summed E-state index contributed by atoms with van der Waals surface area (Å²) in [6, 6.07) is 0. The van der Waals surface area contributed by atoms with E-state index in [0.29, 0.717) is 13.0 Å². The first-order valence-corrected chi connectivity index (χ1v) is 9.71. The van der Waals surface area contributed by atoms with E-state index in [1.165, 1.54) is 30.0 Å². The van der Waals surface area contributed by atoms with E-state index in [1.54, 1.807) is 0 Å². The summed E-state index contributed by atoms with van der Waals surface area (Å²) in [4.78, 5) is 39.0. The van der Waals surface area contributed by atoms with E-state index in [4.69, 9.17) is 4.74 Å². The first-order valence-electron chi connectivity index (χ1n) is 8.02. The van der Waals surface area contributed by atoms with Crippen molar-refractivity contribution in [1.82, 2.24) is 10.3 Å². The number of Topliss-reactive ketones (excluding diaryl/α,β-unsaturated/α-hetero) is 1. The molecule has 0 fully saturated rings. The number of ketones is 1. The zero-order valence-corrected chi connectivity index (χ0v) is 17.2. The lowest BCUT2D eigenvalue weighted by atomic mass is 10.1. The summed E-state index contributed by atoms with van der Waals surface area (Å²) in [7, 11) is 0. The van der Waals surface area contributed by atoms with Crippen LogP contribution in [0.2, 0.25) is 0 Å². The third-order valence-corrected chi connectivity index (χ3v) is 5.04. The fourth-order valence-corrected chi connectivity index (χ4v) is 3.99. The van der Waals surface area contributed by atoms with Crippen LogP contribution in [0.25, 0.3) is 0 Å². The summed E-state index contributed by atoms with van der Waals surface area (Å²) in [6.07, 6.45) is 0.482. The van der Waals surface area contributed by atoms with Crippen LogP contribution in [-0.2, 0) is 25.5 Å². The summed E-state index contributed by atoms with van der Waals surface area (Å²) in [6.45, 7) is 11.0. The SMILES string of the molecule is CC(=O)CC(=O)NCCc1csc(SC(C)(C)C(=O)OC(C)(C)C)n1. The molecule has 0 radical (unpaired) electrons. The van der Waals surface area contributed by atoms with Crippen molar-refractivity contribution in [2.45, 2.75) is 69.1 Å². The molecule has 140 valence electrons. The number of thiazole rings is 1. The van der Waals surface area contributed by atoms with Crippen LogP contribution in [0.15, 0.2) is 9.72 Å². The van der Waals surface area contributed by atoms with Crippen molar-refractivity contribution in [3.05, 3.63) is 11.1 Å². The van der Waals surface area contributed by atoms with Gasteiger partial charge in [-0.1, -0.05) is 11.8 Å². The molecule has 0 aliphatic heterocycles. The van der Waals surface area contributed by atoms with Gasteiger partial charge in [0.2, 0.25) is 5.91 Å². The lowest BCUT2D eigenvalue weighted by Crippen LogP contribution is -2.36. The summed E-state index contributed by atoms with van der Waals surface area (Å²) in [5.41, 5.74) is 0.316. The second-order valence-corrected chi connectivity index (χ2v) is 9.93. The van der Waals surface area contributed by atoms with Gasteiger partial charge in [-0.2, -0.15) is 0 Å². The van der Waals surface area contributed by atoms with Gasteiger partial charge in [0, 0.05) is 18.3 Å². The number of nitrogens with zero attached hydrogens (tertiary/aromatic N) is 1. The molecule has 1 heterocycles. The van der Waals surface area contributed by atoms with Crippen LogP contribution in [0.4, 0.5) is 0 Å². The third-order valence-electron chi connectivity index (χ3n) is 2.88. The van der Waals surface area contributed by atoms with Gasteiger partial charge in [-0.3, -0.25) is 14.4 Å². The van der Waals surface area contributed by atoms with Crippen molar-refractivity contribution in [1.29, 1.82) is 0 Å². The predicted octanol–water partition coefficient (Wildman–Crippen LogP) is 2.99. The highest BCUT2D eigenvalue weighted by atomic mass is 32.2. The molecule has 0 aliphatic rings. The number of nitrogens with one attached hydrogen (secondary N) is 1. The van der Waals surface area contributed by atoms with E-state index < -0.39 is 10.3 Å². The molecule has 1 amide bonds. The van der Waals surface area contributed by atoms with E-state index in [9.17, 15) is 14.4 Å². The Bertz CT molecular complexity index is 633. The molecular weight excluding hydrogens is 360 g/mol. The number of ether oxygens (including phenoxy) is 1. The van der Waals surface area contributed by atoms with Crippen LogP contribution in [0.3, 0.4) is 0 Å². The van der Waals surface area contributed by atoms with E-state index in [2.05, 4.69) is 10.3 Å². The molecular formula is C17H26N2O4S2. The van der Waals surface area contributed by atoms with Crippen LogP contribution >= 0.6 is 23.1 Å². The fraction of sp³-hybridized carbons (Fsp3) is 0.647. The molecule has 0 unspecified atom stereocenters. The summed E-state index contributed by atoms with van der Waals surface area (Å²) >= 11 is 2.82. The van der Waals surface area contributed by atoms with E-state index >= 15 is 0 Å². The van der Waals surface area contributed by atoms with Gasteiger partial charge in [0.15, 0.2) is 4.34 Å². The molecule has 0 saturated carbocycles. The summed E-state index contributed by atoms with van der Waals surface area (Å²) in [5.74, 6) is -0.712. The highest BCUT2D eigenvalue weighted by Gasteiger charge is 2.34. The predicted molar refractivity (Wildman–Crippen MR) is 99.9 cm³/mol. The molecule has 1 aromatic rings. The molecule has 6 nitrogen and oxygen atoms in total. The second-order valence-electron chi connectivity index (χ2n) is 7.20. The quantitative estimate of drug-likeness (QED) is 0.420. The van der Waals surface area contributed by atoms with Crippen LogP contribution in [0.5, 0.6) is 0 Å². The lowest BCUT2D eigenvalue weighted by molar-refractivity contribution is -0.156. The van der Waals surface area contributed by atoms with Gasteiger partial charge in [0.1, 0.15) is 16.1 Å². The van der Waals surface area contributed by atoms with Crippen molar-refractivity contribution in [3.8, 4) is 0 Å². The molecule has 25 heavy (non-hydrogen) atoms. The van der Waals surface area contributed by atoms with E-state index in [1.807, 2.05) is 40.0 Å². The van der Waals surface area contributed by atoms with Crippen LogP contribution in [0.1, 0.15) is 53.7 Å². The lowest BCUT2D eigenvalue weighted by Gasteiger charge is -2.27. The Morgan fingerprint density at radius 2 is 1.88 bits per heavy atom. The second kappa shape index (κ2) is 8.80. The Hall–Kier alpha value is -1.41. The van der Waals surface area contributed by atoms with Gasteiger partial charge in [0.25, 0.3) is 0 Å². The number of carbonyl (C=O) groups is 3. The van der Waals surface area contributed by atoms with Crippen molar-refractivity contribution in [2.24, 2.45) is 0 Å². The highest BCUT2D eigenvalue weighted by Crippen LogP contribution is 2.36. The van der Waals surface area contributed by atoms with Crippen LogP contribution in [0, 0.1) is 0 Å². The minimum Gasteiger partial charge on any atom is -0.459 e. The molecule has 1 rings (SSSR count). The topological polar surface area (TPSA) is 85.4 Å². The van der Waals surface area contributed by atoms with Crippen molar-refractivity contribution in [3.63, 3.8) is 0 Å². The first kappa shape index (κ1) is 21.6. The minimum atomic E-state index is -0.738. The van der Waals surface area contributed by atoms with Gasteiger partial charge >= 0.3 is 5.97 Å². The molecule has 0 aliphatic carbocycles. The fourth-order valence-electron chi connectivity index (χ4n) is 1.73. The molecule has 1 N–H and O–H groups in total. The maximum atomic E-state index is 12.3. The van der Waals surface area contributed by atoms with Gasteiger partial charge in [-0.15, -0.1) is 11.3 Å². The molecule has 0 saturated heterocycles. The Labute approximate surface area is 157 Å². The number of hydrogen-bond donors (Lipinski definition) is 1. The number of esters is 1. The van der Waals surface area contributed by atoms with E-state index in [-0.39, 0.29) is 24.1 Å². The van der Waals surface area contributed by atoms with Gasteiger partial charge < -0.3 is 10.1 Å². The Balaban J connectivity index is 2.53. The average molecular weight is 387 g/mol. The Kier molecular flexibility index (Phi) is 7.62. The first-order chi connectivity index (χ1) is 11.4. The zero-order chi connectivity index (χ0) is 19.3. The summed E-state index contributed by atoms with van der Waals surface area (Å²) in [5, 5.41) is 4.60. The molecule has 0 spiro atoms. The molecule has 1 aromatic heterocycles. The highest BCUT2D eigenvalue weighted by molar-refractivity contribution is 8.03. The normalized spacial score (nSPS) is 11.9. The van der Waals surface area contributed by atoms with Crippen LogP contribution in [-0.4, -0.2) is 39.5 Å².